The van der Waals surface area contributed by atoms with Gasteiger partial charge in [-0.2, -0.15) is 13.5 Å². The molecule has 2 aromatic carbocycles. The Labute approximate surface area is 161 Å². The maximum absolute atomic E-state index is 12.5. The molecule has 7 nitrogen and oxygen atoms in total. The Kier molecular flexibility index (Phi) is 5.62. The predicted octanol–water partition coefficient (Wildman–Crippen LogP) is 2.70. The largest absolute Gasteiger partial charge is 0.378 e. The fourth-order valence-electron chi connectivity index (χ4n) is 2.29. The molecule has 140 valence electrons. The second-order valence-electron chi connectivity index (χ2n) is 5.74. The van der Waals surface area contributed by atoms with Gasteiger partial charge in [-0.05, 0) is 37.6 Å². The van der Waals surface area contributed by atoms with Gasteiger partial charge >= 0.3 is 10.1 Å². The SMILES string of the molecule is Cc1cccc(C=N/N=C2\NC(=O)C(C)S2)c1OS(=O)(=O)c1ccccc1. The van der Waals surface area contributed by atoms with Crippen LogP contribution in [0.1, 0.15) is 18.1 Å². The van der Waals surface area contributed by atoms with Gasteiger partial charge in [-0.3, -0.25) is 4.79 Å². The summed E-state index contributed by atoms with van der Waals surface area (Å²) in [5, 5.41) is 10.7. The summed E-state index contributed by atoms with van der Waals surface area (Å²) in [6.07, 6.45) is 1.39. The monoisotopic (exact) mass is 403 g/mol. The summed E-state index contributed by atoms with van der Waals surface area (Å²) >= 11 is 1.27. The summed E-state index contributed by atoms with van der Waals surface area (Å²) in [6.45, 7) is 3.51. The minimum absolute atomic E-state index is 0.0652. The lowest BCUT2D eigenvalue weighted by atomic mass is 10.1. The smallest absolute Gasteiger partial charge is 0.339 e. The molecule has 9 heteroatoms. The number of benzene rings is 2. The molecule has 1 fully saturated rings. The van der Waals surface area contributed by atoms with E-state index in [-0.39, 0.29) is 21.8 Å². The van der Waals surface area contributed by atoms with Crippen molar-refractivity contribution in [2.75, 3.05) is 0 Å². The molecule has 0 saturated carbocycles. The molecule has 1 amide bonds. The second-order valence-corrected chi connectivity index (χ2v) is 8.62. The van der Waals surface area contributed by atoms with E-state index in [9.17, 15) is 13.2 Å². The van der Waals surface area contributed by atoms with Crippen LogP contribution in [0.2, 0.25) is 0 Å². The normalized spacial score (nSPS) is 18.8. The zero-order chi connectivity index (χ0) is 19.4. The van der Waals surface area contributed by atoms with E-state index in [1.54, 1.807) is 50.2 Å². The third-order valence-electron chi connectivity index (χ3n) is 3.70. The summed E-state index contributed by atoms with van der Waals surface area (Å²) in [7, 11) is -3.97. The number of hydrogen-bond donors (Lipinski definition) is 1. The van der Waals surface area contributed by atoms with Gasteiger partial charge in [0.05, 0.1) is 11.5 Å². The lowest BCUT2D eigenvalue weighted by Gasteiger charge is -2.11. The van der Waals surface area contributed by atoms with Gasteiger partial charge in [-0.15, -0.1) is 5.10 Å². The van der Waals surface area contributed by atoms with Crippen molar-refractivity contribution in [1.29, 1.82) is 0 Å². The lowest BCUT2D eigenvalue weighted by molar-refractivity contribution is -0.118. The van der Waals surface area contributed by atoms with E-state index in [4.69, 9.17) is 4.18 Å². The van der Waals surface area contributed by atoms with Crippen LogP contribution in [0.25, 0.3) is 0 Å². The van der Waals surface area contributed by atoms with Gasteiger partial charge in [0, 0.05) is 5.56 Å². The average molecular weight is 403 g/mol. The van der Waals surface area contributed by atoms with Crippen LogP contribution in [-0.4, -0.2) is 31.0 Å². The Hall–Kier alpha value is -2.65. The molecule has 2 aromatic rings. The topological polar surface area (TPSA) is 97.2 Å². The maximum atomic E-state index is 12.5. The van der Waals surface area contributed by atoms with Crippen molar-refractivity contribution in [3.63, 3.8) is 0 Å². The first-order valence-corrected chi connectivity index (χ1v) is 10.3. The quantitative estimate of drug-likeness (QED) is 0.470. The van der Waals surface area contributed by atoms with Crippen molar-refractivity contribution < 1.29 is 17.4 Å². The van der Waals surface area contributed by atoms with Crippen LogP contribution in [0.15, 0.2) is 63.6 Å². The molecule has 1 N–H and O–H groups in total. The molecule has 1 heterocycles. The highest BCUT2D eigenvalue weighted by molar-refractivity contribution is 8.15. The molecule has 0 aromatic heterocycles. The number of para-hydroxylation sites is 1. The Morgan fingerprint density at radius 2 is 1.89 bits per heavy atom. The summed E-state index contributed by atoms with van der Waals surface area (Å²) in [6, 6.07) is 13.1. The van der Waals surface area contributed by atoms with Gasteiger partial charge in [0.25, 0.3) is 0 Å². The lowest BCUT2D eigenvalue weighted by Crippen LogP contribution is -2.23. The molecule has 1 saturated heterocycles. The van der Waals surface area contributed by atoms with Crippen molar-refractivity contribution in [3.05, 3.63) is 59.7 Å². The third-order valence-corrected chi connectivity index (χ3v) is 5.91. The van der Waals surface area contributed by atoms with Crippen LogP contribution in [-0.2, 0) is 14.9 Å². The molecule has 0 aliphatic carbocycles. The number of amidine groups is 1. The molecular weight excluding hydrogens is 386 g/mol. The third kappa shape index (κ3) is 4.55. The Morgan fingerprint density at radius 3 is 2.56 bits per heavy atom. The van der Waals surface area contributed by atoms with Gasteiger partial charge in [0.15, 0.2) is 10.9 Å². The van der Waals surface area contributed by atoms with Crippen LogP contribution in [0.4, 0.5) is 0 Å². The minimum Gasteiger partial charge on any atom is -0.378 e. The Balaban J connectivity index is 1.86. The van der Waals surface area contributed by atoms with Crippen LogP contribution in [0.3, 0.4) is 0 Å². The molecule has 0 spiro atoms. The number of rotatable bonds is 5. The number of nitrogens with zero attached hydrogens (tertiary/aromatic N) is 2. The van der Waals surface area contributed by atoms with E-state index in [2.05, 4.69) is 15.5 Å². The summed E-state index contributed by atoms with van der Waals surface area (Å²) < 4.78 is 30.4. The van der Waals surface area contributed by atoms with Gasteiger partial charge in [-0.25, -0.2) is 0 Å². The highest BCUT2D eigenvalue weighted by atomic mass is 32.2. The zero-order valence-corrected chi connectivity index (χ0v) is 16.3. The van der Waals surface area contributed by atoms with Crippen molar-refractivity contribution in [3.8, 4) is 5.75 Å². The summed E-state index contributed by atoms with van der Waals surface area (Å²) in [5.74, 6) is 0.0595. The molecule has 1 aliphatic heterocycles. The van der Waals surface area contributed by atoms with Crippen LogP contribution in [0.5, 0.6) is 5.75 Å². The molecule has 0 radical (unpaired) electrons. The first-order chi connectivity index (χ1) is 12.9. The Morgan fingerprint density at radius 1 is 1.15 bits per heavy atom. The van der Waals surface area contributed by atoms with E-state index in [0.29, 0.717) is 16.3 Å². The van der Waals surface area contributed by atoms with Gasteiger partial charge in [0.1, 0.15) is 4.90 Å². The predicted molar refractivity (Wildman–Crippen MR) is 106 cm³/mol. The molecule has 1 unspecified atom stereocenters. The van der Waals surface area contributed by atoms with Gasteiger partial charge < -0.3 is 9.50 Å². The highest BCUT2D eigenvalue weighted by Crippen LogP contribution is 2.26. The van der Waals surface area contributed by atoms with Crippen molar-refractivity contribution in [2.45, 2.75) is 24.0 Å². The number of amides is 1. The van der Waals surface area contributed by atoms with E-state index >= 15 is 0 Å². The van der Waals surface area contributed by atoms with E-state index in [1.165, 1.54) is 30.1 Å². The minimum atomic E-state index is -3.97. The number of hydrogen-bond acceptors (Lipinski definition) is 7. The van der Waals surface area contributed by atoms with E-state index < -0.39 is 10.1 Å². The molecule has 1 atom stereocenters. The molecule has 27 heavy (non-hydrogen) atoms. The van der Waals surface area contributed by atoms with E-state index in [0.717, 1.165) is 0 Å². The number of thioether (sulfide) groups is 1. The van der Waals surface area contributed by atoms with Gasteiger partial charge in [0.2, 0.25) is 5.91 Å². The fraction of sp³-hybridized carbons (Fsp3) is 0.167. The number of carbonyl (C=O) groups excluding carboxylic acids is 1. The number of nitrogens with one attached hydrogen (secondary N) is 1. The van der Waals surface area contributed by atoms with E-state index in [1.807, 2.05) is 0 Å². The van der Waals surface area contributed by atoms with Crippen LogP contribution >= 0.6 is 11.8 Å². The highest BCUT2D eigenvalue weighted by Gasteiger charge is 2.25. The maximum Gasteiger partial charge on any atom is 0.339 e. The average Bonchev–Trinajstić information content (AvgIpc) is 2.96. The molecule has 1 aliphatic rings. The van der Waals surface area contributed by atoms with Gasteiger partial charge in [-0.1, -0.05) is 42.1 Å². The first-order valence-electron chi connectivity index (χ1n) is 8.04. The fourth-order valence-corrected chi connectivity index (χ4v) is 4.07. The molecular formula is C18H17N3O4S2. The molecule has 0 bridgehead atoms. The summed E-state index contributed by atoms with van der Waals surface area (Å²) in [5.41, 5.74) is 1.10. The zero-order valence-electron chi connectivity index (χ0n) is 14.6. The second kappa shape index (κ2) is 7.93. The first kappa shape index (κ1) is 19.1. The van der Waals surface area contributed by atoms with Crippen molar-refractivity contribution >= 4 is 39.2 Å². The number of aryl methyl sites for hydroxylation is 1. The summed E-state index contributed by atoms with van der Waals surface area (Å²) in [4.78, 5) is 11.5. The van der Waals surface area contributed by atoms with Crippen LogP contribution in [0, 0.1) is 6.92 Å². The standard InChI is InChI=1S/C18H17N3O4S2/c1-12-7-6-8-14(11-19-21-18-20-17(22)13(2)26-18)16(12)25-27(23,24)15-9-4-3-5-10-15/h3-11,13H,1-2H3,(H,20,21,22). The molecule has 3 rings (SSSR count). The van der Waals surface area contributed by atoms with Crippen LogP contribution < -0.4 is 9.50 Å². The Bertz CT molecular complexity index is 1020. The van der Waals surface area contributed by atoms with Crippen molar-refractivity contribution in [2.24, 2.45) is 10.2 Å². The van der Waals surface area contributed by atoms with Crippen molar-refractivity contribution in [1.82, 2.24) is 5.32 Å². The number of carbonyl (C=O) groups is 1.